The number of carbonyl (C=O) groups is 1. The molecule has 4 rings (SSSR count). The van der Waals surface area contributed by atoms with Crippen molar-refractivity contribution in [3.05, 3.63) is 60.3 Å². The van der Waals surface area contributed by atoms with Crippen LogP contribution in [0.25, 0.3) is 10.9 Å². The number of benzene rings is 2. The zero-order valence-electron chi connectivity index (χ0n) is 13.2. The van der Waals surface area contributed by atoms with Crippen LogP contribution in [0.1, 0.15) is 5.69 Å². The van der Waals surface area contributed by atoms with Crippen molar-refractivity contribution in [1.82, 2.24) is 4.98 Å². The van der Waals surface area contributed by atoms with E-state index in [0.717, 1.165) is 16.6 Å². The van der Waals surface area contributed by atoms with Crippen molar-refractivity contribution >= 4 is 22.5 Å². The monoisotopic (exact) mass is 320 g/mol. The molecule has 0 bridgehead atoms. The Balaban J connectivity index is 1.57. The number of hydrogen-bond donors (Lipinski definition) is 1. The summed E-state index contributed by atoms with van der Waals surface area (Å²) in [6.07, 6.45) is -0.687. The predicted molar refractivity (Wildman–Crippen MR) is 91.5 cm³/mol. The van der Waals surface area contributed by atoms with E-state index in [0.29, 0.717) is 17.2 Å². The standard InChI is InChI=1S/C19H16N2O3/c1-12-9-10-13-14(20-12)5-4-6-15(13)21-19(22)18-11-23-16-7-2-3-8-17(16)24-18/h2-10,18H,11H2,1H3,(H,21,22). The SMILES string of the molecule is Cc1ccc2c(NC(=O)C3COc4ccccc4O3)cccc2n1. The van der Waals surface area contributed by atoms with E-state index in [9.17, 15) is 4.79 Å². The van der Waals surface area contributed by atoms with Crippen molar-refractivity contribution in [1.29, 1.82) is 0 Å². The molecule has 5 nitrogen and oxygen atoms in total. The molecular weight excluding hydrogens is 304 g/mol. The van der Waals surface area contributed by atoms with Crippen LogP contribution in [0, 0.1) is 6.92 Å². The minimum atomic E-state index is -0.687. The minimum absolute atomic E-state index is 0.185. The Morgan fingerprint density at radius 3 is 2.79 bits per heavy atom. The third kappa shape index (κ3) is 2.65. The number of pyridine rings is 1. The lowest BCUT2D eigenvalue weighted by Gasteiger charge is -2.25. The van der Waals surface area contributed by atoms with Gasteiger partial charge in [-0.05, 0) is 43.3 Å². The van der Waals surface area contributed by atoms with Crippen LogP contribution in [0.4, 0.5) is 5.69 Å². The van der Waals surface area contributed by atoms with Gasteiger partial charge in [-0.2, -0.15) is 0 Å². The first-order valence-corrected chi connectivity index (χ1v) is 7.76. The van der Waals surface area contributed by atoms with Crippen LogP contribution in [0.5, 0.6) is 11.5 Å². The van der Waals surface area contributed by atoms with Crippen molar-refractivity contribution in [3.63, 3.8) is 0 Å². The Labute approximate surface area is 139 Å². The lowest BCUT2D eigenvalue weighted by Crippen LogP contribution is -2.40. The first-order valence-electron chi connectivity index (χ1n) is 7.76. The van der Waals surface area contributed by atoms with Gasteiger partial charge in [0.15, 0.2) is 11.5 Å². The molecule has 120 valence electrons. The van der Waals surface area contributed by atoms with Crippen LogP contribution in [-0.2, 0) is 4.79 Å². The average molecular weight is 320 g/mol. The van der Waals surface area contributed by atoms with Crippen LogP contribution in [0.15, 0.2) is 54.6 Å². The van der Waals surface area contributed by atoms with Crippen LogP contribution < -0.4 is 14.8 Å². The molecule has 1 amide bonds. The Bertz CT molecular complexity index is 923. The molecule has 0 saturated heterocycles. The summed E-state index contributed by atoms with van der Waals surface area (Å²) in [4.78, 5) is 17.0. The quantitative estimate of drug-likeness (QED) is 0.787. The van der Waals surface area contributed by atoms with E-state index in [4.69, 9.17) is 9.47 Å². The molecule has 0 fully saturated rings. The van der Waals surface area contributed by atoms with Crippen molar-refractivity contribution in [2.45, 2.75) is 13.0 Å². The second-order valence-electron chi connectivity index (χ2n) is 5.68. The molecule has 0 spiro atoms. The smallest absolute Gasteiger partial charge is 0.269 e. The third-order valence-corrected chi connectivity index (χ3v) is 3.93. The van der Waals surface area contributed by atoms with E-state index >= 15 is 0 Å². The molecule has 1 atom stereocenters. The highest BCUT2D eigenvalue weighted by Crippen LogP contribution is 2.31. The molecule has 1 aromatic heterocycles. The van der Waals surface area contributed by atoms with Crippen LogP contribution >= 0.6 is 0 Å². The molecule has 24 heavy (non-hydrogen) atoms. The first kappa shape index (κ1) is 14.5. The maximum Gasteiger partial charge on any atom is 0.269 e. The molecule has 3 aromatic rings. The van der Waals surface area contributed by atoms with E-state index in [1.807, 2.05) is 55.5 Å². The summed E-state index contributed by atoms with van der Waals surface area (Å²) in [6.45, 7) is 2.13. The Kier molecular flexibility index (Phi) is 3.54. The number of aryl methyl sites for hydroxylation is 1. The zero-order chi connectivity index (χ0) is 16.5. The number of aromatic nitrogens is 1. The van der Waals surface area contributed by atoms with Crippen LogP contribution in [-0.4, -0.2) is 23.6 Å². The lowest BCUT2D eigenvalue weighted by atomic mass is 10.1. The average Bonchev–Trinajstić information content (AvgIpc) is 2.61. The predicted octanol–water partition coefficient (Wildman–Crippen LogP) is 3.32. The largest absolute Gasteiger partial charge is 0.485 e. The molecule has 5 heteroatoms. The summed E-state index contributed by atoms with van der Waals surface area (Å²) in [6, 6.07) is 16.9. The van der Waals surface area contributed by atoms with Gasteiger partial charge in [-0.15, -0.1) is 0 Å². The van der Waals surface area contributed by atoms with Gasteiger partial charge in [-0.25, -0.2) is 0 Å². The summed E-state index contributed by atoms with van der Waals surface area (Å²) >= 11 is 0. The first-order chi connectivity index (χ1) is 11.7. The number of amides is 1. The molecule has 2 aromatic carbocycles. The zero-order valence-corrected chi connectivity index (χ0v) is 13.2. The molecule has 1 aliphatic rings. The Morgan fingerprint density at radius 2 is 1.92 bits per heavy atom. The summed E-state index contributed by atoms with van der Waals surface area (Å²) in [5, 5.41) is 3.82. The van der Waals surface area contributed by atoms with Crippen molar-refractivity contribution < 1.29 is 14.3 Å². The Hall–Kier alpha value is -3.08. The summed E-state index contributed by atoms with van der Waals surface area (Å²) in [7, 11) is 0. The van der Waals surface area contributed by atoms with Gasteiger partial charge in [0.25, 0.3) is 5.91 Å². The maximum atomic E-state index is 12.6. The van der Waals surface area contributed by atoms with E-state index in [-0.39, 0.29) is 12.5 Å². The number of hydrogen-bond acceptors (Lipinski definition) is 4. The highest BCUT2D eigenvalue weighted by molar-refractivity contribution is 6.02. The number of rotatable bonds is 2. The van der Waals surface area contributed by atoms with Crippen molar-refractivity contribution in [2.24, 2.45) is 0 Å². The van der Waals surface area contributed by atoms with Gasteiger partial charge >= 0.3 is 0 Å². The molecule has 0 radical (unpaired) electrons. The second-order valence-corrected chi connectivity index (χ2v) is 5.68. The Morgan fingerprint density at radius 1 is 1.08 bits per heavy atom. The van der Waals surface area contributed by atoms with Gasteiger partial charge in [0.1, 0.15) is 6.61 Å². The summed E-state index contributed by atoms with van der Waals surface area (Å²) in [5.41, 5.74) is 2.50. The van der Waals surface area contributed by atoms with E-state index < -0.39 is 6.10 Å². The molecule has 0 aliphatic carbocycles. The van der Waals surface area contributed by atoms with E-state index in [1.54, 1.807) is 6.07 Å². The number of ether oxygens (including phenoxy) is 2. The molecule has 0 saturated carbocycles. The highest BCUT2D eigenvalue weighted by atomic mass is 16.6. The number of anilines is 1. The topological polar surface area (TPSA) is 60.5 Å². The maximum absolute atomic E-state index is 12.6. The van der Waals surface area contributed by atoms with Crippen LogP contribution in [0.2, 0.25) is 0 Å². The fraction of sp³-hybridized carbons (Fsp3) is 0.158. The van der Waals surface area contributed by atoms with Crippen molar-refractivity contribution in [3.8, 4) is 11.5 Å². The fourth-order valence-electron chi connectivity index (χ4n) is 2.73. The van der Waals surface area contributed by atoms with Gasteiger partial charge < -0.3 is 14.8 Å². The second kappa shape index (κ2) is 5.85. The number of para-hydroxylation sites is 2. The van der Waals surface area contributed by atoms with Gasteiger partial charge in [-0.1, -0.05) is 18.2 Å². The van der Waals surface area contributed by atoms with Crippen LogP contribution in [0.3, 0.4) is 0 Å². The van der Waals surface area contributed by atoms with Crippen molar-refractivity contribution in [2.75, 3.05) is 11.9 Å². The summed E-state index contributed by atoms with van der Waals surface area (Å²) < 4.78 is 11.3. The molecular formula is C19H16N2O3. The fourth-order valence-corrected chi connectivity index (χ4v) is 2.73. The molecule has 2 heterocycles. The number of fused-ring (bicyclic) bond motifs is 2. The molecule has 1 N–H and O–H groups in total. The third-order valence-electron chi connectivity index (χ3n) is 3.93. The number of nitrogens with zero attached hydrogens (tertiary/aromatic N) is 1. The van der Waals surface area contributed by atoms with Gasteiger partial charge in [0.05, 0.1) is 11.2 Å². The van der Waals surface area contributed by atoms with E-state index in [1.165, 1.54) is 0 Å². The number of nitrogens with one attached hydrogen (secondary N) is 1. The lowest BCUT2D eigenvalue weighted by molar-refractivity contribution is -0.125. The minimum Gasteiger partial charge on any atom is -0.485 e. The number of carbonyl (C=O) groups excluding carboxylic acids is 1. The van der Waals surface area contributed by atoms with Gasteiger partial charge in [0.2, 0.25) is 6.10 Å². The normalized spacial score (nSPS) is 16.0. The van der Waals surface area contributed by atoms with Gasteiger partial charge in [-0.3, -0.25) is 9.78 Å². The highest BCUT2D eigenvalue weighted by Gasteiger charge is 2.27. The van der Waals surface area contributed by atoms with E-state index in [2.05, 4.69) is 10.3 Å². The van der Waals surface area contributed by atoms with Gasteiger partial charge in [0, 0.05) is 11.1 Å². The molecule has 1 aliphatic heterocycles. The molecule has 1 unspecified atom stereocenters. The summed E-state index contributed by atoms with van der Waals surface area (Å²) in [5.74, 6) is 1.00.